The van der Waals surface area contributed by atoms with Gasteiger partial charge in [-0.25, -0.2) is 0 Å². The van der Waals surface area contributed by atoms with Crippen molar-refractivity contribution in [3.63, 3.8) is 0 Å². The average Bonchev–Trinajstić information content (AvgIpc) is 3.03. The summed E-state index contributed by atoms with van der Waals surface area (Å²) in [5.41, 5.74) is 2.41. The number of benzene rings is 2. The van der Waals surface area contributed by atoms with Crippen LogP contribution in [0.1, 0.15) is 24.7 Å². The van der Waals surface area contributed by atoms with Crippen molar-refractivity contribution < 1.29 is 0 Å². The first-order valence-electron chi connectivity index (χ1n) is 8.10. The highest BCUT2D eigenvalue weighted by atomic mass is 32.2. The molecule has 1 heterocycles. The molecule has 0 aliphatic rings. The minimum Gasteiger partial charge on any atom is -0.273 e. The number of hydrogen-bond donors (Lipinski definition) is 0. The molecule has 2 aromatic carbocycles. The summed E-state index contributed by atoms with van der Waals surface area (Å²) < 4.78 is 2.18. The SMILES string of the molecule is CCCSc1nnc(CSc2ccc(C)cc2)n1-c1ccccc1. The van der Waals surface area contributed by atoms with E-state index >= 15 is 0 Å². The Morgan fingerprint density at radius 2 is 1.67 bits per heavy atom. The fraction of sp³-hybridized carbons (Fsp3) is 0.263. The minimum absolute atomic E-state index is 0.803. The number of aromatic nitrogens is 3. The van der Waals surface area contributed by atoms with Gasteiger partial charge in [-0.15, -0.1) is 22.0 Å². The van der Waals surface area contributed by atoms with Gasteiger partial charge in [-0.2, -0.15) is 0 Å². The predicted octanol–water partition coefficient (Wildman–Crippen LogP) is 5.37. The molecule has 0 atom stereocenters. The third kappa shape index (κ3) is 4.22. The van der Waals surface area contributed by atoms with E-state index in [9.17, 15) is 0 Å². The van der Waals surface area contributed by atoms with Crippen molar-refractivity contribution in [2.75, 3.05) is 5.75 Å². The van der Waals surface area contributed by atoms with E-state index in [4.69, 9.17) is 0 Å². The zero-order chi connectivity index (χ0) is 16.8. The standard InChI is InChI=1S/C19H21N3S2/c1-3-13-23-19-21-20-18(22(19)16-7-5-4-6-8-16)14-24-17-11-9-15(2)10-12-17/h4-12H,3,13-14H2,1-2H3. The van der Waals surface area contributed by atoms with Crippen molar-refractivity contribution in [2.45, 2.75) is 36.1 Å². The molecule has 0 aliphatic heterocycles. The molecular weight excluding hydrogens is 334 g/mol. The summed E-state index contributed by atoms with van der Waals surface area (Å²) >= 11 is 3.56. The summed E-state index contributed by atoms with van der Waals surface area (Å²) in [7, 11) is 0. The first kappa shape index (κ1) is 17.1. The summed E-state index contributed by atoms with van der Waals surface area (Å²) in [6.45, 7) is 4.29. The average molecular weight is 356 g/mol. The Kier molecular flexibility index (Phi) is 5.99. The molecule has 0 bridgehead atoms. The van der Waals surface area contributed by atoms with Gasteiger partial charge in [0, 0.05) is 16.3 Å². The molecule has 3 nitrogen and oxygen atoms in total. The van der Waals surface area contributed by atoms with Gasteiger partial charge in [0.15, 0.2) is 5.16 Å². The maximum absolute atomic E-state index is 4.45. The summed E-state index contributed by atoms with van der Waals surface area (Å²) in [4.78, 5) is 1.26. The molecule has 3 rings (SSSR count). The van der Waals surface area contributed by atoms with Crippen LogP contribution in [0.3, 0.4) is 0 Å². The first-order chi connectivity index (χ1) is 11.8. The first-order valence-corrected chi connectivity index (χ1v) is 10.1. The largest absolute Gasteiger partial charge is 0.273 e. The molecule has 0 aliphatic carbocycles. The molecule has 0 unspecified atom stereocenters. The van der Waals surface area contributed by atoms with Gasteiger partial charge in [-0.05, 0) is 37.6 Å². The number of para-hydroxylation sites is 1. The summed E-state index contributed by atoms with van der Waals surface area (Å²) in [5.74, 6) is 2.85. The molecule has 1 aromatic heterocycles. The molecule has 124 valence electrons. The summed E-state index contributed by atoms with van der Waals surface area (Å²) in [6, 6.07) is 19.0. The Morgan fingerprint density at radius 3 is 2.38 bits per heavy atom. The molecule has 24 heavy (non-hydrogen) atoms. The van der Waals surface area contributed by atoms with E-state index in [0.29, 0.717) is 0 Å². The van der Waals surface area contributed by atoms with Crippen LogP contribution in [-0.4, -0.2) is 20.5 Å². The Hall–Kier alpha value is -1.72. The molecule has 0 radical (unpaired) electrons. The van der Waals surface area contributed by atoms with Gasteiger partial charge in [0.2, 0.25) is 0 Å². The van der Waals surface area contributed by atoms with Crippen molar-refractivity contribution >= 4 is 23.5 Å². The molecule has 0 amide bonds. The van der Waals surface area contributed by atoms with E-state index in [-0.39, 0.29) is 0 Å². The van der Waals surface area contributed by atoms with Gasteiger partial charge in [0.1, 0.15) is 5.82 Å². The van der Waals surface area contributed by atoms with Crippen molar-refractivity contribution in [2.24, 2.45) is 0 Å². The summed E-state index contributed by atoms with van der Waals surface area (Å²) in [6.07, 6.45) is 1.12. The Morgan fingerprint density at radius 1 is 0.917 bits per heavy atom. The monoisotopic (exact) mass is 355 g/mol. The zero-order valence-electron chi connectivity index (χ0n) is 14.0. The molecule has 0 fully saturated rings. The van der Waals surface area contributed by atoms with Gasteiger partial charge in [0.25, 0.3) is 0 Å². The lowest BCUT2D eigenvalue weighted by atomic mass is 10.2. The second-order valence-electron chi connectivity index (χ2n) is 5.52. The summed E-state index contributed by atoms with van der Waals surface area (Å²) in [5, 5.41) is 9.84. The lowest BCUT2D eigenvalue weighted by molar-refractivity contribution is 0.863. The van der Waals surface area contributed by atoms with Crippen molar-refractivity contribution in [1.82, 2.24) is 14.8 Å². The normalized spacial score (nSPS) is 10.9. The number of nitrogens with zero attached hydrogens (tertiary/aromatic N) is 3. The predicted molar refractivity (Wildman–Crippen MR) is 103 cm³/mol. The van der Waals surface area contributed by atoms with Crippen LogP contribution in [0.4, 0.5) is 0 Å². The Labute approximate surface area is 151 Å². The smallest absolute Gasteiger partial charge is 0.195 e. The zero-order valence-corrected chi connectivity index (χ0v) is 15.6. The molecule has 0 saturated heterocycles. The van der Waals surface area contributed by atoms with Gasteiger partial charge >= 0.3 is 0 Å². The lowest BCUT2D eigenvalue weighted by Gasteiger charge is -2.10. The number of hydrogen-bond acceptors (Lipinski definition) is 4. The van der Waals surface area contributed by atoms with E-state index in [1.54, 1.807) is 23.5 Å². The third-order valence-corrected chi connectivity index (χ3v) is 5.68. The van der Waals surface area contributed by atoms with Gasteiger partial charge in [-0.3, -0.25) is 4.57 Å². The van der Waals surface area contributed by atoms with Crippen molar-refractivity contribution in [3.05, 3.63) is 66.0 Å². The van der Waals surface area contributed by atoms with E-state index in [2.05, 4.69) is 77.1 Å². The van der Waals surface area contributed by atoms with Gasteiger partial charge in [-0.1, -0.05) is 54.6 Å². The molecular formula is C19H21N3S2. The van der Waals surface area contributed by atoms with Crippen LogP contribution in [0, 0.1) is 6.92 Å². The van der Waals surface area contributed by atoms with Crippen LogP contribution in [0.2, 0.25) is 0 Å². The van der Waals surface area contributed by atoms with Crippen molar-refractivity contribution in [1.29, 1.82) is 0 Å². The highest BCUT2D eigenvalue weighted by molar-refractivity contribution is 7.99. The lowest BCUT2D eigenvalue weighted by Crippen LogP contribution is -2.02. The van der Waals surface area contributed by atoms with E-state index in [1.165, 1.54) is 10.5 Å². The maximum atomic E-state index is 4.45. The second-order valence-corrected chi connectivity index (χ2v) is 7.63. The number of rotatable bonds is 7. The highest BCUT2D eigenvalue weighted by Crippen LogP contribution is 2.27. The fourth-order valence-electron chi connectivity index (χ4n) is 2.30. The van der Waals surface area contributed by atoms with Crippen molar-refractivity contribution in [3.8, 4) is 5.69 Å². The quantitative estimate of drug-likeness (QED) is 0.533. The molecule has 5 heteroatoms. The van der Waals surface area contributed by atoms with E-state index < -0.39 is 0 Å². The number of thioether (sulfide) groups is 2. The van der Waals surface area contributed by atoms with Crippen LogP contribution in [0.5, 0.6) is 0 Å². The van der Waals surface area contributed by atoms with Gasteiger partial charge in [0.05, 0.1) is 5.75 Å². The number of aryl methyl sites for hydroxylation is 1. The second kappa shape index (κ2) is 8.40. The Bertz CT molecular complexity index is 767. The third-order valence-electron chi connectivity index (χ3n) is 3.54. The van der Waals surface area contributed by atoms with Crippen LogP contribution in [-0.2, 0) is 5.75 Å². The highest BCUT2D eigenvalue weighted by Gasteiger charge is 2.14. The van der Waals surface area contributed by atoms with Crippen LogP contribution in [0.15, 0.2) is 64.6 Å². The molecule has 3 aromatic rings. The van der Waals surface area contributed by atoms with E-state index in [0.717, 1.165) is 34.6 Å². The molecule has 0 saturated carbocycles. The Balaban J connectivity index is 1.84. The van der Waals surface area contributed by atoms with E-state index in [1.807, 2.05) is 6.07 Å². The van der Waals surface area contributed by atoms with Gasteiger partial charge < -0.3 is 0 Å². The molecule has 0 spiro atoms. The fourth-order valence-corrected chi connectivity index (χ4v) is 3.94. The molecule has 0 N–H and O–H groups in total. The van der Waals surface area contributed by atoms with Crippen LogP contribution in [0.25, 0.3) is 5.69 Å². The van der Waals surface area contributed by atoms with Crippen LogP contribution >= 0.6 is 23.5 Å². The topological polar surface area (TPSA) is 30.7 Å². The van der Waals surface area contributed by atoms with Crippen LogP contribution < -0.4 is 0 Å². The maximum Gasteiger partial charge on any atom is 0.195 e. The minimum atomic E-state index is 0.803.